The van der Waals surface area contributed by atoms with E-state index in [9.17, 15) is 9.59 Å². The lowest BCUT2D eigenvalue weighted by molar-refractivity contribution is -0.141. The molecule has 0 saturated carbocycles. The summed E-state index contributed by atoms with van der Waals surface area (Å²) in [5.41, 5.74) is 0. The standard InChI is InChI=1S/C9H18N2O3/c1-5-10(3)9(13)11(6-2)7-8(12)14-4/h5-7H2,1-4H3. The van der Waals surface area contributed by atoms with Crippen molar-refractivity contribution in [3.63, 3.8) is 0 Å². The van der Waals surface area contributed by atoms with Crippen molar-refractivity contribution in [2.75, 3.05) is 33.8 Å². The first-order valence-corrected chi connectivity index (χ1v) is 4.63. The molecule has 0 aliphatic rings. The van der Waals surface area contributed by atoms with Crippen molar-refractivity contribution in [2.45, 2.75) is 13.8 Å². The van der Waals surface area contributed by atoms with Crippen LogP contribution < -0.4 is 0 Å². The highest BCUT2D eigenvalue weighted by molar-refractivity contribution is 5.80. The van der Waals surface area contributed by atoms with Crippen LogP contribution >= 0.6 is 0 Å². The van der Waals surface area contributed by atoms with E-state index in [1.165, 1.54) is 12.0 Å². The predicted octanol–water partition coefficient (Wildman–Crippen LogP) is 0.553. The number of carbonyl (C=O) groups is 2. The second kappa shape index (κ2) is 6.23. The van der Waals surface area contributed by atoms with Gasteiger partial charge in [0.1, 0.15) is 6.54 Å². The van der Waals surface area contributed by atoms with E-state index in [0.29, 0.717) is 13.1 Å². The van der Waals surface area contributed by atoms with Crippen LogP contribution in [0.4, 0.5) is 4.79 Å². The molecular formula is C9H18N2O3. The monoisotopic (exact) mass is 202 g/mol. The van der Waals surface area contributed by atoms with Gasteiger partial charge < -0.3 is 14.5 Å². The van der Waals surface area contributed by atoms with Crippen molar-refractivity contribution >= 4 is 12.0 Å². The fraction of sp³-hybridized carbons (Fsp3) is 0.778. The second-order valence-electron chi connectivity index (χ2n) is 2.89. The first kappa shape index (κ1) is 12.7. The Morgan fingerprint density at radius 3 is 2.14 bits per heavy atom. The number of nitrogens with zero attached hydrogens (tertiary/aromatic N) is 2. The van der Waals surface area contributed by atoms with Crippen LogP contribution in [0.5, 0.6) is 0 Å². The Morgan fingerprint density at radius 1 is 1.21 bits per heavy atom. The molecule has 0 aromatic rings. The first-order valence-electron chi connectivity index (χ1n) is 4.63. The number of ether oxygens (including phenoxy) is 1. The minimum Gasteiger partial charge on any atom is -0.468 e. The van der Waals surface area contributed by atoms with E-state index in [-0.39, 0.29) is 12.6 Å². The number of hydrogen-bond acceptors (Lipinski definition) is 3. The number of likely N-dealkylation sites (N-methyl/N-ethyl adjacent to an activating group) is 1. The van der Waals surface area contributed by atoms with Gasteiger partial charge in [-0.05, 0) is 13.8 Å². The normalized spacial score (nSPS) is 9.43. The Morgan fingerprint density at radius 2 is 1.79 bits per heavy atom. The Bertz CT molecular complexity index is 206. The van der Waals surface area contributed by atoms with Gasteiger partial charge >= 0.3 is 12.0 Å². The summed E-state index contributed by atoms with van der Waals surface area (Å²) in [7, 11) is 3.01. The van der Waals surface area contributed by atoms with Gasteiger partial charge in [-0.3, -0.25) is 4.79 Å². The molecule has 14 heavy (non-hydrogen) atoms. The highest BCUT2D eigenvalue weighted by atomic mass is 16.5. The number of amides is 2. The highest BCUT2D eigenvalue weighted by Crippen LogP contribution is 1.96. The van der Waals surface area contributed by atoms with Crippen LogP contribution in [0.1, 0.15) is 13.8 Å². The Labute approximate surface area is 84.6 Å². The summed E-state index contributed by atoms with van der Waals surface area (Å²) in [6, 6.07) is -0.152. The fourth-order valence-corrected chi connectivity index (χ4v) is 0.912. The molecule has 0 radical (unpaired) electrons. The van der Waals surface area contributed by atoms with Crippen LogP contribution in [-0.2, 0) is 9.53 Å². The molecule has 0 bridgehead atoms. The van der Waals surface area contributed by atoms with Gasteiger partial charge in [-0.25, -0.2) is 4.79 Å². The average Bonchev–Trinajstić information content (AvgIpc) is 2.23. The Hall–Kier alpha value is -1.26. The molecule has 5 nitrogen and oxygen atoms in total. The van der Waals surface area contributed by atoms with Gasteiger partial charge in [0.15, 0.2) is 0 Å². The Kier molecular flexibility index (Phi) is 5.67. The molecule has 0 aromatic heterocycles. The van der Waals surface area contributed by atoms with Crippen LogP contribution in [0.15, 0.2) is 0 Å². The average molecular weight is 202 g/mol. The molecule has 5 heteroatoms. The fourth-order valence-electron chi connectivity index (χ4n) is 0.912. The maximum Gasteiger partial charge on any atom is 0.325 e. The molecule has 0 fully saturated rings. The summed E-state index contributed by atoms with van der Waals surface area (Å²) in [4.78, 5) is 25.6. The summed E-state index contributed by atoms with van der Waals surface area (Å²) in [5.74, 6) is -0.398. The van der Waals surface area contributed by atoms with Gasteiger partial charge in [-0.15, -0.1) is 0 Å². The zero-order chi connectivity index (χ0) is 11.1. The molecule has 0 atom stereocenters. The van der Waals surface area contributed by atoms with Crippen LogP contribution in [0.2, 0.25) is 0 Å². The van der Waals surface area contributed by atoms with Gasteiger partial charge in [-0.2, -0.15) is 0 Å². The lowest BCUT2D eigenvalue weighted by Gasteiger charge is -2.25. The van der Waals surface area contributed by atoms with E-state index in [1.807, 2.05) is 13.8 Å². The van der Waals surface area contributed by atoms with E-state index in [2.05, 4.69) is 4.74 Å². The van der Waals surface area contributed by atoms with Gasteiger partial charge in [0.25, 0.3) is 0 Å². The number of carbonyl (C=O) groups excluding carboxylic acids is 2. The molecule has 0 aliphatic heterocycles. The molecule has 0 saturated heterocycles. The van der Waals surface area contributed by atoms with Crippen molar-refractivity contribution in [2.24, 2.45) is 0 Å². The largest absolute Gasteiger partial charge is 0.468 e. The third kappa shape index (κ3) is 3.64. The molecule has 0 N–H and O–H groups in total. The molecule has 2 amide bonds. The summed E-state index contributed by atoms with van der Waals surface area (Å²) < 4.78 is 4.49. The summed E-state index contributed by atoms with van der Waals surface area (Å²) in [6.45, 7) is 4.83. The van der Waals surface area contributed by atoms with Crippen molar-refractivity contribution in [1.29, 1.82) is 0 Å². The van der Waals surface area contributed by atoms with E-state index in [1.54, 1.807) is 11.9 Å². The minimum absolute atomic E-state index is 0.0101. The van der Waals surface area contributed by atoms with Gasteiger partial charge in [-0.1, -0.05) is 0 Å². The zero-order valence-electron chi connectivity index (χ0n) is 9.24. The summed E-state index contributed by atoms with van der Waals surface area (Å²) in [6.07, 6.45) is 0. The van der Waals surface area contributed by atoms with Crippen molar-refractivity contribution in [3.05, 3.63) is 0 Å². The lowest BCUT2D eigenvalue weighted by atomic mass is 10.5. The maximum absolute atomic E-state index is 11.6. The summed E-state index contributed by atoms with van der Waals surface area (Å²) >= 11 is 0. The molecule has 0 aromatic carbocycles. The van der Waals surface area contributed by atoms with Crippen LogP contribution in [0.3, 0.4) is 0 Å². The molecule has 82 valence electrons. The van der Waals surface area contributed by atoms with Gasteiger partial charge in [0.05, 0.1) is 7.11 Å². The van der Waals surface area contributed by atoms with E-state index in [4.69, 9.17) is 0 Å². The van der Waals surface area contributed by atoms with Crippen molar-refractivity contribution in [1.82, 2.24) is 9.80 Å². The van der Waals surface area contributed by atoms with Crippen molar-refractivity contribution in [3.8, 4) is 0 Å². The smallest absolute Gasteiger partial charge is 0.325 e. The molecule has 0 aliphatic carbocycles. The third-order valence-corrected chi connectivity index (χ3v) is 2.00. The van der Waals surface area contributed by atoms with Gasteiger partial charge in [0.2, 0.25) is 0 Å². The zero-order valence-corrected chi connectivity index (χ0v) is 9.24. The highest BCUT2D eigenvalue weighted by Gasteiger charge is 2.18. The number of hydrogen-bond donors (Lipinski definition) is 0. The molecule has 0 unspecified atom stereocenters. The van der Waals surface area contributed by atoms with Crippen LogP contribution in [0, 0.1) is 0 Å². The van der Waals surface area contributed by atoms with E-state index < -0.39 is 5.97 Å². The predicted molar refractivity (Wildman–Crippen MR) is 53.0 cm³/mol. The topological polar surface area (TPSA) is 49.9 Å². The van der Waals surface area contributed by atoms with Crippen molar-refractivity contribution < 1.29 is 14.3 Å². The first-order chi connectivity index (χ1) is 6.56. The molecular weight excluding hydrogens is 184 g/mol. The minimum atomic E-state index is -0.398. The van der Waals surface area contributed by atoms with Crippen LogP contribution in [0.25, 0.3) is 0 Å². The van der Waals surface area contributed by atoms with Crippen LogP contribution in [-0.4, -0.2) is 55.6 Å². The number of urea groups is 1. The molecule has 0 heterocycles. The SMILES string of the molecule is CCN(C)C(=O)N(CC)CC(=O)OC. The third-order valence-electron chi connectivity index (χ3n) is 2.00. The number of esters is 1. The quantitative estimate of drug-likeness (QED) is 0.626. The Balaban J connectivity index is 4.26. The number of rotatable bonds is 4. The van der Waals surface area contributed by atoms with E-state index >= 15 is 0 Å². The maximum atomic E-state index is 11.6. The lowest BCUT2D eigenvalue weighted by Crippen LogP contribution is -2.43. The molecule has 0 rings (SSSR count). The van der Waals surface area contributed by atoms with Gasteiger partial charge in [0, 0.05) is 20.1 Å². The second-order valence-corrected chi connectivity index (χ2v) is 2.89. The van der Waals surface area contributed by atoms with E-state index in [0.717, 1.165) is 0 Å². The summed E-state index contributed by atoms with van der Waals surface area (Å²) in [5, 5.41) is 0. The number of methoxy groups -OCH3 is 1. The molecule has 0 spiro atoms.